The lowest BCUT2D eigenvalue weighted by molar-refractivity contribution is -0.138. The molecule has 2 amide bonds. The van der Waals surface area contributed by atoms with Crippen molar-refractivity contribution in [1.29, 1.82) is 0 Å². The number of ether oxygens (including phenoxy) is 1. The van der Waals surface area contributed by atoms with Crippen LogP contribution in [0.1, 0.15) is 61.9 Å². The maximum absolute atomic E-state index is 14.0. The summed E-state index contributed by atoms with van der Waals surface area (Å²) in [4.78, 5) is 29.0. The van der Waals surface area contributed by atoms with Crippen LogP contribution in [-0.2, 0) is 22.7 Å². The Kier molecular flexibility index (Phi) is 9.04. The number of amides is 2. The Bertz CT molecular complexity index is 1230. The quantitative estimate of drug-likeness (QED) is 0.419. The van der Waals surface area contributed by atoms with Crippen LogP contribution in [0.15, 0.2) is 72.9 Å². The Labute approximate surface area is 219 Å². The van der Waals surface area contributed by atoms with Gasteiger partial charge in [0.2, 0.25) is 5.91 Å². The van der Waals surface area contributed by atoms with Crippen LogP contribution in [0.2, 0.25) is 0 Å². The fourth-order valence-electron chi connectivity index (χ4n) is 4.95. The third-order valence-corrected chi connectivity index (χ3v) is 6.86. The highest BCUT2D eigenvalue weighted by atomic mass is 16.5. The summed E-state index contributed by atoms with van der Waals surface area (Å²) in [6.45, 7) is 2.48. The van der Waals surface area contributed by atoms with Gasteiger partial charge in [0.15, 0.2) is 6.04 Å². The molecule has 0 radical (unpaired) electrons. The van der Waals surface area contributed by atoms with E-state index < -0.39 is 6.04 Å². The summed E-state index contributed by atoms with van der Waals surface area (Å²) in [6.07, 6.45) is 7.30. The lowest BCUT2D eigenvalue weighted by Gasteiger charge is -2.33. The minimum absolute atomic E-state index is 0.122. The minimum atomic E-state index is -0.823. The molecule has 1 aliphatic carbocycles. The van der Waals surface area contributed by atoms with Gasteiger partial charge in [-0.05, 0) is 61.1 Å². The van der Waals surface area contributed by atoms with Gasteiger partial charge < -0.3 is 19.5 Å². The van der Waals surface area contributed by atoms with Crippen LogP contribution in [0.4, 0.5) is 0 Å². The standard InChI is InChI=1S/C31H35N3O3/c1-3-11-29(35)34(23-25-17-19-27(37-2)20-18-25)30(31(36)32-26-14-8-5-9-15-26)28-16-10-21-33(28)22-24-12-6-4-7-13-24/h4,6-7,10,12-13,16-21,26,30H,5,8-9,14-15,22-23H2,1-2H3,(H,32,36). The van der Waals surface area contributed by atoms with Gasteiger partial charge in [0, 0.05) is 25.3 Å². The summed E-state index contributed by atoms with van der Waals surface area (Å²) >= 11 is 0. The maximum atomic E-state index is 14.0. The number of rotatable bonds is 9. The molecule has 1 aliphatic rings. The molecule has 37 heavy (non-hydrogen) atoms. The van der Waals surface area contributed by atoms with E-state index in [1.54, 1.807) is 18.9 Å². The van der Waals surface area contributed by atoms with Gasteiger partial charge in [-0.25, -0.2) is 0 Å². The van der Waals surface area contributed by atoms with Crippen LogP contribution in [0.5, 0.6) is 5.75 Å². The fraction of sp³-hybridized carbons (Fsp3) is 0.355. The van der Waals surface area contributed by atoms with Crippen molar-refractivity contribution in [1.82, 2.24) is 14.8 Å². The van der Waals surface area contributed by atoms with E-state index >= 15 is 0 Å². The largest absolute Gasteiger partial charge is 0.497 e. The van der Waals surface area contributed by atoms with E-state index in [0.717, 1.165) is 48.3 Å². The molecule has 1 atom stereocenters. The lowest BCUT2D eigenvalue weighted by Crippen LogP contribution is -2.47. The zero-order valence-corrected chi connectivity index (χ0v) is 21.7. The summed E-state index contributed by atoms with van der Waals surface area (Å²) in [5.74, 6) is 5.60. The number of carbonyl (C=O) groups excluding carboxylic acids is 2. The van der Waals surface area contributed by atoms with Crippen LogP contribution in [0.25, 0.3) is 0 Å². The summed E-state index contributed by atoms with van der Waals surface area (Å²) in [5, 5.41) is 3.27. The first-order valence-corrected chi connectivity index (χ1v) is 12.9. The summed E-state index contributed by atoms with van der Waals surface area (Å²) in [6, 6.07) is 20.8. The minimum Gasteiger partial charge on any atom is -0.497 e. The smallest absolute Gasteiger partial charge is 0.299 e. The maximum Gasteiger partial charge on any atom is 0.299 e. The molecule has 6 heteroatoms. The predicted molar refractivity (Wildman–Crippen MR) is 145 cm³/mol. The van der Waals surface area contributed by atoms with Crippen molar-refractivity contribution < 1.29 is 14.3 Å². The SMILES string of the molecule is CC#CC(=O)N(Cc1ccc(OC)cc1)C(C(=O)NC1CCCCC1)c1cccn1Cc1ccccc1. The molecule has 1 fully saturated rings. The van der Waals surface area contributed by atoms with E-state index in [1.807, 2.05) is 65.4 Å². The second-order valence-electron chi connectivity index (χ2n) is 9.45. The highest BCUT2D eigenvalue weighted by molar-refractivity contribution is 5.97. The second-order valence-corrected chi connectivity index (χ2v) is 9.45. The van der Waals surface area contributed by atoms with Crippen molar-refractivity contribution in [3.63, 3.8) is 0 Å². The molecule has 1 N–H and O–H groups in total. The predicted octanol–water partition coefficient (Wildman–Crippen LogP) is 5.09. The fourth-order valence-corrected chi connectivity index (χ4v) is 4.95. The molecule has 0 bridgehead atoms. The molecule has 4 rings (SSSR count). The Morgan fingerprint density at radius 2 is 1.73 bits per heavy atom. The van der Waals surface area contributed by atoms with Crippen molar-refractivity contribution in [2.45, 2.75) is 64.2 Å². The molecule has 1 saturated carbocycles. The van der Waals surface area contributed by atoms with Gasteiger partial charge in [0.05, 0.1) is 12.8 Å². The summed E-state index contributed by atoms with van der Waals surface area (Å²) in [5.41, 5.74) is 2.77. The zero-order chi connectivity index (χ0) is 26.0. The van der Waals surface area contributed by atoms with Crippen LogP contribution >= 0.6 is 0 Å². The first-order valence-electron chi connectivity index (χ1n) is 12.9. The van der Waals surface area contributed by atoms with Gasteiger partial charge in [-0.2, -0.15) is 0 Å². The molecule has 1 unspecified atom stereocenters. The average Bonchev–Trinajstić information content (AvgIpc) is 3.37. The second kappa shape index (κ2) is 12.8. The summed E-state index contributed by atoms with van der Waals surface area (Å²) < 4.78 is 7.34. The Morgan fingerprint density at radius 1 is 1.00 bits per heavy atom. The number of hydrogen-bond acceptors (Lipinski definition) is 3. The van der Waals surface area contributed by atoms with Gasteiger partial charge >= 0.3 is 0 Å². The van der Waals surface area contributed by atoms with Crippen LogP contribution in [-0.4, -0.2) is 34.4 Å². The normalized spacial score (nSPS) is 14.2. The van der Waals surface area contributed by atoms with Gasteiger partial charge in [-0.1, -0.05) is 67.6 Å². The number of nitrogens with one attached hydrogen (secondary N) is 1. The summed E-state index contributed by atoms with van der Waals surface area (Å²) in [7, 11) is 1.62. The monoisotopic (exact) mass is 497 g/mol. The number of hydrogen-bond donors (Lipinski definition) is 1. The molecule has 3 aromatic rings. The van der Waals surface area contributed by atoms with E-state index in [1.165, 1.54) is 6.42 Å². The van der Waals surface area contributed by atoms with Crippen LogP contribution < -0.4 is 10.1 Å². The molecule has 2 aromatic carbocycles. The first-order chi connectivity index (χ1) is 18.1. The van der Waals surface area contributed by atoms with Crippen molar-refractivity contribution >= 4 is 11.8 Å². The van der Waals surface area contributed by atoms with E-state index in [4.69, 9.17) is 4.74 Å². The number of methoxy groups -OCH3 is 1. The molecule has 0 saturated heterocycles. The van der Waals surface area contributed by atoms with E-state index in [0.29, 0.717) is 6.54 Å². The molecule has 192 valence electrons. The van der Waals surface area contributed by atoms with Crippen molar-refractivity contribution in [3.8, 4) is 17.6 Å². The van der Waals surface area contributed by atoms with E-state index in [2.05, 4.69) is 29.3 Å². The zero-order valence-electron chi connectivity index (χ0n) is 21.7. The van der Waals surface area contributed by atoms with Crippen molar-refractivity contribution in [2.24, 2.45) is 0 Å². The highest BCUT2D eigenvalue weighted by Gasteiger charge is 2.34. The van der Waals surface area contributed by atoms with Crippen LogP contribution in [0.3, 0.4) is 0 Å². The number of aromatic nitrogens is 1. The van der Waals surface area contributed by atoms with Crippen molar-refractivity contribution in [3.05, 3.63) is 89.7 Å². The highest BCUT2D eigenvalue weighted by Crippen LogP contribution is 2.27. The van der Waals surface area contributed by atoms with Gasteiger partial charge in [-0.15, -0.1) is 0 Å². The molecule has 0 spiro atoms. The Morgan fingerprint density at radius 3 is 2.41 bits per heavy atom. The number of carbonyl (C=O) groups is 2. The van der Waals surface area contributed by atoms with Crippen LogP contribution in [0, 0.1) is 11.8 Å². The number of nitrogens with zero attached hydrogens (tertiary/aromatic N) is 2. The van der Waals surface area contributed by atoms with Gasteiger partial charge in [0.25, 0.3) is 5.91 Å². The molecule has 1 heterocycles. The Hall–Kier alpha value is -3.98. The first kappa shape index (κ1) is 26.1. The van der Waals surface area contributed by atoms with Gasteiger partial charge in [-0.3, -0.25) is 9.59 Å². The molecule has 1 aromatic heterocycles. The third kappa shape index (κ3) is 6.83. The molecule has 0 aliphatic heterocycles. The molecule has 6 nitrogen and oxygen atoms in total. The van der Waals surface area contributed by atoms with Crippen molar-refractivity contribution in [2.75, 3.05) is 7.11 Å². The number of benzene rings is 2. The third-order valence-electron chi connectivity index (χ3n) is 6.86. The van der Waals surface area contributed by atoms with E-state index in [9.17, 15) is 9.59 Å². The molecular weight excluding hydrogens is 462 g/mol. The lowest BCUT2D eigenvalue weighted by atomic mass is 9.95. The Balaban J connectivity index is 1.72. The molecular formula is C31H35N3O3. The van der Waals surface area contributed by atoms with Gasteiger partial charge in [0.1, 0.15) is 5.75 Å². The topological polar surface area (TPSA) is 63.6 Å². The average molecular weight is 498 g/mol. The van der Waals surface area contributed by atoms with E-state index in [-0.39, 0.29) is 24.4 Å².